The molecular weight excluding hydrogens is 497 g/mol. The van der Waals surface area contributed by atoms with Crippen molar-refractivity contribution in [2.75, 3.05) is 11.6 Å². The van der Waals surface area contributed by atoms with Gasteiger partial charge in [-0.15, -0.1) is 11.8 Å². The first-order valence-corrected chi connectivity index (χ1v) is 13.5. The van der Waals surface area contributed by atoms with Crippen molar-refractivity contribution in [3.63, 3.8) is 0 Å². The van der Waals surface area contributed by atoms with E-state index < -0.39 is 6.04 Å². The molecule has 0 saturated heterocycles. The van der Waals surface area contributed by atoms with E-state index in [1.54, 1.807) is 28.8 Å². The lowest BCUT2D eigenvalue weighted by Gasteiger charge is -2.31. The highest BCUT2D eigenvalue weighted by Crippen LogP contribution is 2.38. The summed E-state index contributed by atoms with van der Waals surface area (Å²) in [5, 5.41) is 7.98. The summed E-state index contributed by atoms with van der Waals surface area (Å²) in [6, 6.07) is 27.4. The molecule has 2 amide bonds. The van der Waals surface area contributed by atoms with Crippen molar-refractivity contribution in [2.45, 2.75) is 24.4 Å². The summed E-state index contributed by atoms with van der Waals surface area (Å²) < 4.78 is 18.0. The molecule has 1 N–H and O–H groups in total. The van der Waals surface area contributed by atoms with Gasteiger partial charge >= 0.3 is 6.03 Å². The monoisotopic (exact) mass is 523 g/mol. The van der Waals surface area contributed by atoms with Gasteiger partial charge in [-0.05, 0) is 73.3 Å². The molecule has 1 aliphatic heterocycles. The number of fused-ring (bicyclic) bond motifs is 3. The molecule has 190 valence electrons. The number of benzene rings is 3. The van der Waals surface area contributed by atoms with E-state index in [9.17, 15) is 9.18 Å². The SMILES string of the molecule is CSc1cccc(NC(=O)N2Cc3c(C)nn(-c4ccccc4)c3-n3cccc3[C@H]2c2ccc(F)cc2)c1. The van der Waals surface area contributed by atoms with Crippen molar-refractivity contribution >= 4 is 23.5 Å². The summed E-state index contributed by atoms with van der Waals surface area (Å²) in [5.41, 5.74) is 5.15. The minimum atomic E-state index is -0.453. The molecule has 3 heterocycles. The smallest absolute Gasteiger partial charge is 0.308 e. The second-order valence-electron chi connectivity index (χ2n) is 9.18. The quantitative estimate of drug-likeness (QED) is 0.259. The van der Waals surface area contributed by atoms with Crippen molar-refractivity contribution in [1.82, 2.24) is 19.2 Å². The Kier molecular flexibility index (Phi) is 6.25. The van der Waals surface area contributed by atoms with Crippen LogP contribution in [-0.2, 0) is 6.54 Å². The normalized spacial score (nSPS) is 14.5. The molecule has 0 saturated carbocycles. The van der Waals surface area contributed by atoms with E-state index in [1.165, 1.54) is 12.1 Å². The van der Waals surface area contributed by atoms with Crippen LogP contribution in [0.3, 0.4) is 0 Å². The Balaban J connectivity index is 1.52. The molecule has 0 bridgehead atoms. The maximum Gasteiger partial charge on any atom is 0.322 e. The fraction of sp³-hybridized carbons (Fsp3) is 0.133. The number of aromatic nitrogens is 3. The number of anilines is 1. The van der Waals surface area contributed by atoms with Gasteiger partial charge < -0.3 is 14.8 Å². The molecule has 0 radical (unpaired) electrons. The van der Waals surface area contributed by atoms with Crippen LogP contribution in [0.2, 0.25) is 0 Å². The maximum absolute atomic E-state index is 14.0. The number of aryl methyl sites for hydroxylation is 1. The molecule has 6 nitrogen and oxygen atoms in total. The maximum atomic E-state index is 14.0. The number of amides is 2. The standard InChI is InChI=1S/C30H26FN5OS/c1-20-26-19-35(30(37)32-23-8-6-11-25(18-23)38-2)28(21-13-15-22(31)16-14-21)27-12-7-17-34(27)29(26)36(33-20)24-9-4-3-5-10-24/h3-18,28H,19H2,1-2H3,(H,32,37)/t28-/m1/s1. The van der Waals surface area contributed by atoms with Gasteiger partial charge in [-0.2, -0.15) is 5.10 Å². The number of carbonyl (C=O) groups excluding carboxylic acids is 1. The number of nitrogens with one attached hydrogen (secondary N) is 1. The molecule has 0 spiro atoms. The number of nitrogens with zero attached hydrogens (tertiary/aromatic N) is 4. The second-order valence-corrected chi connectivity index (χ2v) is 10.1. The van der Waals surface area contributed by atoms with Crippen LogP contribution >= 0.6 is 11.8 Å². The fourth-order valence-corrected chi connectivity index (χ4v) is 5.50. The number of hydrogen-bond donors (Lipinski definition) is 1. The Bertz CT molecular complexity index is 1610. The Morgan fingerprint density at radius 1 is 1.00 bits per heavy atom. The van der Waals surface area contributed by atoms with Crippen molar-refractivity contribution in [1.29, 1.82) is 0 Å². The van der Waals surface area contributed by atoms with Gasteiger partial charge in [0.25, 0.3) is 0 Å². The number of para-hydroxylation sites is 1. The van der Waals surface area contributed by atoms with Gasteiger partial charge in [0.1, 0.15) is 11.6 Å². The molecule has 1 atom stereocenters. The predicted octanol–water partition coefficient (Wildman–Crippen LogP) is 6.97. The van der Waals surface area contributed by atoms with Crippen molar-refractivity contribution in [3.8, 4) is 11.5 Å². The molecule has 5 aromatic rings. The minimum absolute atomic E-state index is 0.245. The van der Waals surface area contributed by atoms with Crippen LogP contribution in [0.25, 0.3) is 11.5 Å². The van der Waals surface area contributed by atoms with Gasteiger partial charge in [-0.25, -0.2) is 13.9 Å². The molecule has 6 rings (SSSR count). The summed E-state index contributed by atoms with van der Waals surface area (Å²) in [6.45, 7) is 2.30. The molecule has 0 unspecified atom stereocenters. The van der Waals surface area contributed by atoms with E-state index in [-0.39, 0.29) is 11.8 Å². The zero-order valence-electron chi connectivity index (χ0n) is 21.0. The third-order valence-corrected chi connectivity index (χ3v) is 7.58. The number of carbonyl (C=O) groups is 1. The summed E-state index contributed by atoms with van der Waals surface area (Å²) >= 11 is 1.62. The summed E-state index contributed by atoms with van der Waals surface area (Å²) in [5.74, 6) is 0.571. The number of hydrogen-bond acceptors (Lipinski definition) is 3. The number of thioether (sulfide) groups is 1. The predicted molar refractivity (Wildman–Crippen MR) is 149 cm³/mol. The van der Waals surface area contributed by atoms with Crippen LogP contribution in [0.15, 0.2) is 102 Å². The average molecular weight is 524 g/mol. The number of halogens is 1. The largest absolute Gasteiger partial charge is 0.322 e. The first kappa shape index (κ1) is 24.1. The molecule has 38 heavy (non-hydrogen) atoms. The topological polar surface area (TPSA) is 55.1 Å². The lowest BCUT2D eigenvalue weighted by molar-refractivity contribution is 0.194. The van der Waals surface area contributed by atoms with Gasteiger partial charge in [-0.3, -0.25) is 0 Å². The van der Waals surface area contributed by atoms with Gasteiger partial charge in [0.05, 0.1) is 29.7 Å². The Hall–Kier alpha value is -4.30. The van der Waals surface area contributed by atoms with Crippen LogP contribution < -0.4 is 5.32 Å². The van der Waals surface area contributed by atoms with Gasteiger partial charge in [0.2, 0.25) is 0 Å². The highest BCUT2D eigenvalue weighted by molar-refractivity contribution is 7.98. The average Bonchev–Trinajstić information content (AvgIpc) is 3.50. The number of rotatable bonds is 4. The lowest BCUT2D eigenvalue weighted by Crippen LogP contribution is -2.38. The van der Waals surface area contributed by atoms with E-state index in [0.29, 0.717) is 6.54 Å². The third kappa shape index (κ3) is 4.26. The van der Waals surface area contributed by atoms with Crippen molar-refractivity contribution in [2.24, 2.45) is 0 Å². The van der Waals surface area contributed by atoms with E-state index in [4.69, 9.17) is 5.10 Å². The van der Waals surface area contributed by atoms with Crippen LogP contribution in [-0.4, -0.2) is 31.5 Å². The fourth-order valence-electron chi connectivity index (χ4n) is 5.04. The van der Waals surface area contributed by atoms with Crippen molar-refractivity contribution in [3.05, 3.63) is 126 Å². The van der Waals surface area contributed by atoms with Crippen LogP contribution in [0.5, 0.6) is 0 Å². The van der Waals surface area contributed by atoms with E-state index >= 15 is 0 Å². The van der Waals surface area contributed by atoms with E-state index in [0.717, 1.165) is 44.6 Å². The summed E-state index contributed by atoms with van der Waals surface area (Å²) in [6.07, 6.45) is 4.00. The Morgan fingerprint density at radius 2 is 1.79 bits per heavy atom. The Morgan fingerprint density at radius 3 is 2.55 bits per heavy atom. The molecule has 2 aromatic heterocycles. The second kappa shape index (κ2) is 9.87. The first-order chi connectivity index (χ1) is 18.5. The van der Waals surface area contributed by atoms with E-state index in [2.05, 4.69) is 9.88 Å². The first-order valence-electron chi connectivity index (χ1n) is 12.3. The third-order valence-electron chi connectivity index (χ3n) is 6.85. The lowest BCUT2D eigenvalue weighted by atomic mass is 10.0. The van der Waals surface area contributed by atoms with Crippen LogP contribution in [0.1, 0.15) is 28.6 Å². The van der Waals surface area contributed by atoms with E-state index in [1.807, 2.05) is 90.8 Å². The van der Waals surface area contributed by atoms with Gasteiger partial charge in [-0.1, -0.05) is 36.4 Å². The van der Waals surface area contributed by atoms with Crippen LogP contribution in [0.4, 0.5) is 14.9 Å². The molecule has 3 aromatic carbocycles. The molecule has 0 fully saturated rings. The van der Waals surface area contributed by atoms with Gasteiger partial charge in [0, 0.05) is 22.3 Å². The molecule has 0 aliphatic carbocycles. The molecule has 1 aliphatic rings. The molecular formula is C30H26FN5OS. The zero-order valence-corrected chi connectivity index (χ0v) is 21.8. The zero-order chi connectivity index (χ0) is 26.2. The number of urea groups is 1. The Labute approximate surface area is 224 Å². The van der Waals surface area contributed by atoms with Crippen LogP contribution in [0, 0.1) is 12.7 Å². The highest BCUT2D eigenvalue weighted by atomic mass is 32.2. The highest BCUT2D eigenvalue weighted by Gasteiger charge is 2.36. The van der Waals surface area contributed by atoms with Crippen molar-refractivity contribution < 1.29 is 9.18 Å². The minimum Gasteiger partial charge on any atom is -0.308 e. The van der Waals surface area contributed by atoms with Gasteiger partial charge in [0.15, 0.2) is 0 Å². The molecule has 8 heteroatoms. The summed E-state index contributed by atoms with van der Waals surface area (Å²) in [7, 11) is 0. The summed E-state index contributed by atoms with van der Waals surface area (Å²) in [4.78, 5) is 16.9.